The molecule has 2 aliphatic heterocycles. The molecule has 7 aromatic carbocycles. The Kier molecular flexibility index (Phi) is 8.39. The minimum Gasteiger partial charge on any atom is -0.311 e. The van der Waals surface area contributed by atoms with Crippen molar-refractivity contribution in [3.05, 3.63) is 193 Å². The zero-order valence-electron chi connectivity index (χ0n) is 37.1. The van der Waals surface area contributed by atoms with Gasteiger partial charge >= 0.3 is 0 Å². The molecular formula is C58H48BN5. The molecule has 0 saturated carbocycles. The molecule has 5 heterocycles. The van der Waals surface area contributed by atoms with Crippen LogP contribution in [0.25, 0.3) is 49.7 Å². The van der Waals surface area contributed by atoms with Gasteiger partial charge in [-0.2, -0.15) is 0 Å². The van der Waals surface area contributed by atoms with Crippen molar-refractivity contribution in [1.29, 1.82) is 0 Å². The number of nitrogens with zero attached hydrogens (tertiary/aromatic N) is 5. The number of anilines is 6. The number of benzene rings is 7. The maximum atomic E-state index is 5.06. The highest BCUT2D eigenvalue weighted by Gasteiger charge is 2.44. The Bertz CT molecular complexity index is 3460. The highest BCUT2D eigenvalue weighted by molar-refractivity contribution is 7.00. The summed E-state index contributed by atoms with van der Waals surface area (Å²) in [4.78, 5) is 15.0. The predicted molar refractivity (Wildman–Crippen MR) is 271 cm³/mol. The average molecular weight is 826 g/mol. The number of para-hydroxylation sites is 1. The first-order valence-electron chi connectivity index (χ1n) is 22.4. The summed E-state index contributed by atoms with van der Waals surface area (Å²) in [6.07, 6.45) is 3.84. The lowest BCUT2D eigenvalue weighted by Gasteiger charge is -2.44. The molecule has 5 nitrogen and oxygen atoms in total. The second kappa shape index (κ2) is 14.0. The lowest BCUT2D eigenvalue weighted by molar-refractivity contribution is 0.590. The summed E-state index contributed by atoms with van der Waals surface area (Å²) in [6.45, 7) is 13.6. The van der Waals surface area contributed by atoms with Crippen molar-refractivity contribution in [3.8, 4) is 17.1 Å². The van der Waals surface area contributed by atoms with Crippen molar-refractivity contribution >= 4 is 89.8 Å². The van der Waals surface area contributed by atoms with Crippen molar-refractivity contribution in [1.82, 2.24) is 14.5 Å². The Morgan fingerprint density at radius 2 is 1.06 bits per heavy atom. The van der Waals surface area contributed by atoms with E-state index in [1.54, 1.807) is 0 Å². The summed E-state index contributed by atoms with van der Waals surface area (Å²) >= 11 is 0. The number of fused-ring (bicyclic) bond motifs is 8. The molecule has 3 aromatic heterocycles. The van der Waals surface area contributed by atoms with E-state index in [1.165, 1.54) is 66.4 Å². The molecule has 0 atom stereocenters. The normalized spacial score (nSPS) is 13.4. The van der Waals surface area contributed by atoms with Gasteiger partial charge in [-0.05, 0) is 123 Å². The van der Waals surface area contributed by atoms with Crippen LogP contribution >= 0.6 is 0 Å². The lowest BCUT2D eigenvalue weighted by atomic mass is 9.33. The Morgan fingerprint density at radius 3 is 1.73 bits per heavy atom. The summed E-state index contributed by atoms with van der Waals surface area (Å²) in [5.41, 5.74) is 17.8. The van der Waals surface area contributed by atoms with Gasteiger partial charge in [0.05, 0.1) is 16.7 Å². The van der Waals surface area contributed by atoms with E-state index in [0.717, 1.165) is 44.9 Å². The zero-order chi connectivity index (χ0) is 43.5. The fourth-order valence-corrected chi connectivity index (χ4v) is 10.4. The summed E-state index contributed by atoms with van der Waals surface area (Å²) in [6, 6.07) is 63.0. The number of pyridine rings is 2. The molecule has 0 bridgehead atoms. The third kappa shape index (κ3) is 5.85. The van der Waals surface area contributed by atoms with Gasteiger partial charge in [-0.3, -0.25) is 9.55 Å². The second-order valence-corrected chi connectivity index (χ2v) is 19.5. The van der Waals surface area contributed by atoms with Crippen LogP contribution in [0.1, 0.15) is 52.7 Å². The summed E-state index contributed by atoms with van der Waals surface area (Å²) in [5.74, 6) is 0.901. The summed E-state index contributed by atoms with van der Waals surface area (Å²) in [7, 11) is 0. The maximum Gasteiger partial charge on any atom is 0.252 e. The number of aromatic nitrogens is 3. The molecule has 0 fully saturated rings. The average Bonchev–Trinajstić information content (AvgIpc) is 3.63. The van der Waals surface area contributed by atoms with E-state index in [9.17, 15) is 0 Å². The van der Waals surface area contributed by atoms with Gasteiger partial charge in [0.15, 0.2) is 0 Å². The number of hydrogen-bond donors (Lipinski definition) is 0. The molecule has 0 spiro atoms. The third-order valence-corrected chi connectivity index (χ3v) is 13.6. The standard InChI is InChI=1S/C58H48BN5/c1-57(2,3)39-22-26-41(27-23-39)62-49-30-21-38(56-43-15-8-7-14-37(43)31-33-61-56)34-46(49)59-47-36-52-45(44-16-9-10-17-48(44)64(52)54-20-11-12-32-60-54)35-53(47)63(51-19-13-18-50(62)55(51)59)42-28-24-40(25-29-42)58(4,5)6/h7-36H,1-6H3. The largest absolute Gasteiger partial charge is 0.311 e. The van der Waals surface area contributed by atoms with Crippen molar-refractivity contribution in [2.75, 3.05) is 9.80 Å². The van der Waals surface area contributed by atoms with E-state index in [0.29, 0.717) is 0 Å². The van der Waals surface area contributed by atoms with Gasteiger partial charge in [0.1, 0.15) is 5.82 Å². The summed E-state index contributed by atoms with van der Waals surface area (Å²) in [5, 5.41) is 4.72. The van der Waals surface area contributed by atoms with Crippen LogP contribution in [-0.2, 0) is 10.8 Å². The van der Waals surface area contributed by atoms with Crippen molar-refractivity contribution in [2.45, 2.75) is 52.4 Å². The van der Waals surface area contributed by atoms with Crippen LogP contribution in [0.15, 0.2) is 182 Å². The van der Waals surface area contributed by atoms with Crippen molar-refractivity contribution in [3.63, 3.8) is 0 Å². The molecule has 0 aliphatic carbocycles. The van der Waals surface area contributed by atoms with Crippen molar-refractivity contribution in [2.24, 2.45) is 0 Å². The van der Waals surface area contributed by atoms with Gasteiger partial charge in [0.25, 0.3) is 6.71 Å². The molecule has 0 unspecified atom stereocenters. The van der Waals surface area contributed by atoms with E-state index in [2.05, 4.69) is 220 Å². The monoisotopic (exact) mass is 825 g/mol. The highest BCUT2D eigenvalue weighted by Crippen LogP contribution is 2.47. The Labute approximate surface area is 375 Å². The molecule has 2 aliphatic rings. The van der Waals surface area contributed by atoms with Crippen molar-refractivity contribution < 1.29 is 0 Å². The number of hydrogen-bond acceptors (Lipinski definition) is 4. The van der Waals surface area contributed by atoms with Crippen LogP contribution < -0.4 is 26.2 Å². The molecule has 10 aromatic rings. The zero-order valence-corrected chi connectivity index (χ0v) is 37.1. The second-order valence-electron chi connectivity index (χ2n) is 19.5. The number of rotatable bonds is 4. The minimum atomic E-state index is -0.0964. The van der Waals surface area contributed by atoms with Gasteiger partial charge < -0.3 is 9.80 Å². The molecule has 64 heavy (non-hydrogen) atoms. The van der Waals surface area contributed by atoms with Gasteiger partial charge in [0, 0.05) is 68.2 Å². The molecule has 0 N–H and O–H groups in total. The first kappa shape index (κ1) is 38.3. The predicted octanol–water partition coefficient (Wildman–Crippen LogP) is 13.1. The third-order valence-electron chi connectivity index (χ3n) is 13.6. The maximum absolute atomic E-state index is 5.06. The molecular weight excluding hydrogens is 777 g/mol. The van der Waals surface area contributed by atoms with Gasteiger partial charge in [-0.15, -0.1) is 0 Å². The fraction of sp³-hybridized carbons (Fsp3) is 0.138. The fourth-order valence-electron chi connectivity index (χ4n) is 10.4. The Morgan fingerprint density at radius 1 is 0.438 bits per heavy atom. The summed E-state index contributed by atoms with van der Waals surface area (Å²) < 4.78 is 2.35. The van der Waals surface area contributed by atoms with E-state index in [1.807, 2.05) is 18.5 Å². The van der Waals surface area contributed by atoms with Crippen LogP contribution in [-0.4, -0.2) is 21.2 Å². The van der Waals surface area contributed by atoms with E-state index >= 15 is 0 Å². The first-order valence-corrected chi connectivity index (χ1v) is 22.4. The Hall–Kier alpha value is -7.44. The molecule has 0 amide bonds. The van der Waals surface area contributed by atoms with Crippen LogP contribution in [0.2, 0.25) is 0 Å². The van der Waals surface area contributed by atoms with Crippen LogP contribution in [0.3, 0.4) is 0 Å². The van der Waals surface area contributed by atoms with E-state index < -0.39 is 0 Å². The molecule has 0 radical (unpaired) electrons. The highest BCUT2D eigenvalue weighted by atomic mass is 15.2. The quantitative estimate of drug-likeness (QED) is 0.166. The van der Waals surface area contributed by atoms with Gasteiger partial charge in [-0.1, -0.05) is 133 Å². The van der Waals surface area contributed by atoms with E-state index in [4.69, 9.17) is 9.97 Å². The minimum absolute atomic E-state index is 0.0260. The first-order chi connectivity index (χ1) is 31.0. The van der Waals surface area contributed by atoms with Gasteiger partial charge in [0.2, 0.25) is 0 Å². The molecule has 6 heteroatoms. The van der Waals surface area contributed by atoms with Gasteiger partial charge in [-0.25, -0.2) is 4.98 Å². The van der Waals surface area contributed by atoms with E-state index in [-0.39, 0.29) is 17.5 Å². The van der Waals surface area contributed by atoms with Crippen LogP contribution in [0.5, 0.6) is 0 Å². The van der Waals surface area contributed by atoms with Crippen LogP contribution in [0, 0.1) is 0 Å². The smallest absolute Gasteiger partial charge is 0.252 e. The lowest BCUT2D eigenvalue weighted by Crippen LogP contribution is -2.61. The SMILES string of the molecule is CC(C)(C)c1ccc(N2c3ccc(-c4nccc5ccccc45)cc3B3c4cc5c(cc4N(c4ccc(C(C)(C)C)cc4)c4cccc2c43)c2ccccc2n5-c2ccccn2)cc1. The molecule has 12 rings (SSSR count). The Balaban J connectivity index is 1.19. The molecule has 308 valence electrons. The topological polar surface area (TPSA) is 37.2 Å². The van der Waals surface area contributed by atoms with Crippen LogP contribution in [0.4, 0.5) is 34.1 Å². The molecule has 0 saturated heterocycles.